The molecule has 1 aliphatic heterocycles. The fourth-order valence-corrected chi connectivity index (χ4v) is 3.57. The number of aliphatic hydroxyl groups excluding tert-OH is 1. The average molecular weight is 480 g/mol. The van der Waals surface area contributed by atoms with Crippen LogP contribution in [0.15, 0.2) is 28.9 Å². The zero-order chi connectivity index (χ0) is 24.4. The van der Waals surface area contributed by atoms with Gasteiger partial charge in [0.05, 0.1) is 11.6 Å². The van der Waals surface area contributed by atoms with Crippen LogP contribution in [0.5, 0.6) is 0 Å². The van der Waals surface area contributed by atoms with Gasteiger partial charge in [-0.1, -0.05) is 20.8 Å². The van der Waals surface area contributed by atoms with Crippen LogP contribution >= 0.6 is 11.8 Å². The first kappa shape index (κ1) is 26.3. The van der Waals surface area contributed by atoms with E-state index in [4.69, 9.17) is 9.84 Å². The number of anilines is 1. The van der Waals surface area contributed by atoms with Gasteiger partial charge in [-0.05, 0) is 18.6 Å². The van der Waals surface area contributed by atoms with Crippen molar-refractivity contribution in [3.05, 3.63) is 34.5 Å². The Bertz CT molecular complexity index is 928. The van der Waals surface area contributed by atoms with Crippen molar-refractivity contribution in [2.75, 3.05) is 37.4 Å². The molecule has 0 radical (unpaired) electrons. The molecule has 11 nitrogen and oxygen atoms in total. The van der Waals surface area contributed by atoms with Crippen molar-refractivity contribution in [1.29, 1.82) is 0 Å². The molecule has 4 amide bonds. The molecular formula is C21H29N5O6S. The van der Waals surface area contributed by atoms with E-state index in [1.807, 2.05) is 0 Å². The Morgan fingerprint density at radius 1 is 1.15 bits per heavy atom. The van der Waals surface area contributed by atoms with Crippen molar-refractivity contribution in [2.24, 2.45) is 5.41 Å². The highest BCUT2D eigenvalue weighted by Crippen LogP contribution is 2.29. The van der Waals surface area contributed by atoms with E-state index in [1.165, 1.54) is 30.1 Å². The number of amides is 4. The third-order valence-corrected chi connectivity index (χ3v) is 5.38. The molecule has 0 unspecified atom stereocenters. The molecule has 5 N–H and O–H groups in total. The summed E-state index contributed by atoms with van der Waals surface area (Å²) in [5, 5.41) is 19.4. The third kappa shape index (κ3) is 8.48. The number of carbonyl (C=O) groups excluding carboxylic acids is 4. The van der Waals surface area contributed by atoms with Crippen molar-refractivity contribution >= 4 is 41.4 Å². The van der Waals surface area contributed by atoms with Gasteiger partial charge in [-0.25, -0.2) is 9.78 Å². The lowest BCUT2D eigenvalue weighted by Gasteiger charge is -2.17. The summed E-state index contributed by atoms with van der Waals surface area (Å²) in [5.74, 6) is -0.546. The molecule has 33 heavy (non-hydrogen) atoms. The van der Waals surface area contributed by atoms with Gasteiger partial charge >= 0.3 is 6.09 Å². The molecule has 1 aromatic rings. The summed E-state index contributed by atoms with van der Waals surface area (Å²) in [6.07, 6.45) is 0.887. The molecule has 2 rings (SSSR count). The van der Waals surface area contributed by atoms with Crippen LogP contribution in [0, 0.1) is 5.41 Å². The number of carbonyl (C=O) groups is 4. The molecule has 1 aromatic heterocycles. The fourth-order valence-electron chi connectivity index (χ4n) is 2.53. The van der Waals surface area contributed by atoms with E-state index < -0.39 is 23.3 Å². The second-order valence-corrected chi connectivity index (χ2v) is 9.16. The highest BCUT2D eigenvalue weighted by atomic mass is 32.2. The summed E-state index contributed by atoms with van der Waals surface area (Å²) in [4.78, 5) is 53.2. The quantitative estimate of drug-likeness (QED) is 0.325. The van der Waals surface area contributed by atoms with Crippen molar-refractivity contribution < 1.29 is 29.0 Å². The second-order valence-electron chi connectivity index (χ2n) is 8.06. The minimum absolute atomic E-state index is 0.0304. The van der Waals surface area contributed by atoms with E-state index in [2.05, 4.69) is 26.3 Å². The fraction of sp³-hybridized carbons (Fsp3) is 0.476. The summed E-state index contributed by atoms with van der Waals surface area (Å²) < 4.78 is 4.90. The minimum Gasteiger partial charge on any atom is -0.448 e. The molecule has 0 saturated carbocycles. The predicted molar refractivity (Wildman–Crippen MR) is 123 cm³/mol. The molecule has 0 bridgehead atoms. The van der Waals surface area contributed by atoms with Crippen LogP contribution < -0.4 is 21.3 Å². The first-order valence-electron chi connectivity index (χ1n) is 10.4. The van der Waals surface area contributed by atoms with Crippen LogP contribution in [0.25, 0.3) is 0 Å². The van der Waals surface area contributed by atoms with E-state index in [1.54, 1.807) is 20.8 Å². The lowest BCUT2D eigenvalue weighted by atomic mass is 9.96. The number of hydrogen-bond acceptors (Lipinski definition) is 9. The zero-order valence-corrected chi connectivity index (χ0v) is 19.6. The molecule has 1 aliphatic rings. The number of aliphatic hydroxyl groups is 1. The Hall–Kier alpha value is -2.96. The maximum Gasteiger partial charge on any atom is 0.414 e. The van der Waals surface area contributed by atoms with Gasteiger partial charge in [0.15, 0.2) is 0 Å². The summed E-state index contributed by atoms with van der Waals surface area (Å²) in [7, 11) is 0. The average Bonchev–Trinajstić information content (AvgIpc) is 3.21. The summed E-state index contributed by atoms with van der Waals surface area (Å²) >= 11 is 1.29. The van der Waals surface area contributed by atoms with Gasteiger partial charge in [0.2, 0.25) is 5.91 Å². The highest BCUT2D eigenvalue weighted by molar-refractivity contribution is 8.03. The largest absolute Gasteiger partial charge is 0.448 e. The molecule has 0 atom stereocenters. The van der Waals surface area contributed by atoms with Crippen LogP contribution in [0.1, 0.15) is 37.6 Å². The first-order valence-corrected chi connectivity index (χ1v) is 11.3. The summed E-state index contributed by atoms with van der Waals surface area (Å²) in [6, 6.07) is 2.94. The smallest absolute Gasteiger partial charge is 0.414 e. The van der Waals surface area contributed by atoms with Gasteiger partial charge in [0.25, 0.3) is 11.8 Å². The number of alkyl carbamates (subject to hydrolysis) is 1. The van der Waals surface area contributed by atoms with Gasteiger partial charge in [0, 0.05) is 41.6 Å². The van der Waals surface area contributed by atoms with Crippen molar-refractivity contribution in [3.63, 3.8) is 0 Å². The molecule has 0 aliphatic carbocycles. The molecule has 0 saturated heterocycles. The minimum atomic E-state index is -0.894. The highest BCUT2D eigenvalue weighted by Gasteiger charge is 2.26. The van der Waals surface area contributed by atoms with E-state index in [0.717, 1.165) is 0 Å². The van der Waals surface area contributed by atoms with Crippen LogP contribution in [0.2, 0.25) is 0 Å². The van der Waals surface area contributed by atoms with Crippen molar-refractivity contribution in [1.82, 2.24) is 20.9 Å². The number of nitrogens with one attached hydrogen (secondary N) is 4. The van der Waals surface area contributed by atoms with Crippen LogP contribution in [0.3, 0.4) is 0 Å². The van der Waals surface area contributed by atoms with E-state index in [9.17, 15) is 19.2 Å². The maximum atomic E-state index is 12.7. The Kier molecular flexibility index (Phi) is 9.82. The Morgan fingerprint density at radius 3 is 2.61 bits per heavy atom. The van der Waals surface area contributed by atoms with E-state index >= 15 is 0 Å². The van der Waals surface area contributed by atoms with Gasteiger partial charge in [-0.2, -0.15) is 0 Å². The predicted octanol–water partition coefficient (Wildman–Crippen LogP) is 0.979. The normalized spacial score (nSPS) is 13.5. The number of hydrogen-bond donors (Lipinski definition) is 5. The lowest BCUT2D eigenvalue weighted by Crippen LogP contribution is -2.35. The van der Waals surface area contributed by atoms with E-state index in [-0.39, 0.29) is 36.1 Å². The SMILES string of the molecule is CC(C)(C)C(=O)Nc1cc(C(=O)NC2=C(C(=O)NC(=O)OCCNCCO)CCS2)ccn1. The number of thioether (sulfide) groups is 1. The number of rotatable bonds is 9. The molecule has 2 heterocycles. The van der Waals surface area contributed by atoms with Crippen molar-refractivity contribution in [3.8, 4) is 0 Å². The van der Waals surface area contributed by atoms with Gasteiger partial charge in [0.1, 0.15) is 12.4 Å². The number of ether oxygens (including phenoxy) is 1. The summed E-state index contributed by atoms with van der Waals surface area (Å²) in [6.45, 7) is 6.01. The van der Waals surface area contributed by atoms with Crippen LogP contribution in [0.4, 0.5) is 10.6 Å². The van der Waals surface area contributed by atoms with Gasteiger partial charge in [-0.15, -0.1) is 11.8 Å². The molecule has 0 aromatic carbocycles. The zero-order valence-electron chi connectivity index (χ0n) is 18.8. The number of imide groups is 1. The molecular weight excluding hydrogens is 450 g/mol. The summed E-state index contributed by atoms with van der Waals surface area (Å²) in [5.41, 5.74) is -0.0901. The Balaban J connectivity index is 1.97. The van der Waals surface area contributed by atoms with Gasteiger partial charge < -0.3 is 25.8 Å². The molecule has 12 heteroatoms. The number of pyridine rings is 1. The monoisotopic (exact) mass is 479 g/mol. The molecule has 180 valence electrons. The van der Waals surface area contributed by atoms with Crippen LogP contribution in [-0.4, -0.2) is 66.0 Å². The van der Waals surface area contributed by atoms with Crippen LogP contribution in [-0.2, 0) is 14.3 Å². The third-order valence-electron chi connectivity index (χ3n) is 4.33. The molecule has 0 spiro atoms. The van der Waals surface area contributed by atoms with E-state index in [0.29, 0.717) is 30.3 Å². The first-order chi connectivity index (χ1) is 15.6. The number of nitrogens with zero attached hydrogens (tertiary/aromatic N) is 1. The standard InChI is InChI=1S/C21H29N5O6S/c1-21(2,3)19(30)24-15-12-13(4-6-23-15)16(28)25-18-14(5-11-33-18)17(29)26-20(31)32-10-8-22-7-9-27/h4,6,12,22,27H,5,7-11H2,1-3H3,(H,25,28)(H,23,24,30)(H,26,29,31). The van der Waals surface area contributed by atoms with Crippen molar-refractivity contribution in [2.45, 2.75) is 27.2 Å². The molecule has 0 fully saturated rings. The Labute approximate surface area is 196 Å². The maximum absolute atomic E-state index is 12.7. The number of aromatic nitrogens is 1. The topological polar surface area (TPSA) is 159 Å². The Morgan fingerprint density at radius 2 is 1.91 bits per heavy atom. The second kappa shape index (κ2) is 12.3. The van der Waals surface area contributed by atoms with Gasteiger partial charge in [-0.3, -0.25) is 19.7 Å². The lowest BCUT2D eigenvalue weighted by molar-refractivity contribution is -0.123.